The molecule has 0 bridgehead atoms. The average Bonchev–Trinajstić information content (AvgIpc) is 2.92. The molecular weight excluding hydrogens is 318 g/mol. The van der Waals surface area contributed by atoms with Gasteiger partial charge in [0.25, 0.3) is 0 Å². The van der Waals surface area contributed by atoms with Crippen LogP contribution < -0.4 is 5.73 Å². The summed E-state index contributed by atoms with van der Waals surface area (Å²) < 4.78 is 0. The molecule has 7 heteroatoms. The predicted molar refractivity (Wildman–Crippen MR) is 87.2 cm³/mol. The summed E-state index contributed by atoms with van der Waals surface area (Å²) >= 11 is 0. The second-order valence-electron chi connectivity index (χ2n) is 6.10. The fourth-order valence-corrected chi connectivity index (χ4v) is 3.64. The van der Waals surface area contributed by atoms with Gasteiger partial charge in [0, 0.05) is 30.1 Å². The number of rotatable bonds is 3. The smallest absolute Gasteiger partial charge is 0.240 e. The standard InChI is InChI=1S/C18H15N5O2/c1-11(24)13-4-5-14-18(9-19,10-20)15(12-3-2-6-22-7-12)16(17(21)25)23(14)8-13/h2-8,14-16H,1H3,(H2,21,25). The van der Waals surface area contributed by atoms with Crippen LogP contribution in [0.1, 0.15) is 18.4 Å². The molecule has 1 aromatic rings. The number of amides is 1. The summed E-state index contributed by atoms with van der Waals surface area (Å²) in [5, 5.41) is 19.7. The lowest BCUT2D eigenvalue weighted by atomic mass is 9.70. The Morgan fingerprint density at radius 1 is 1.36 bits per heavy atom. The molecule has 0 aromatic carbocycles. The van der Waals surface area contributed by atoms with Crippen LogP contribution in [0.25, 0.3) is 0 Å². The van der Waals surface area contributed by atoms with Crippen molar-refractivity contribution < 1.29 is 9.59 Å². The number of nitrogens with zero attached hydrogens (tertiary/aromatic N) is 4. The van der Waals surface area contributed by atoms with Crippen LogP contribution in [0.3, 0.4) is 0 Å². The van der Waals surface area contributed by atoms with Crippen molar-refractivity contribution in [3.8, 4) is 12.1 Å². The van der Waals surface area contributed by atoms with E-state index in [0.717, 1.165) is 0 Å². The zero-order valence-corrected chi connectivity index (χ0v) is 13.5. The number of fused-ring (bicyclic) bond motifs is 1. The van der Waals surface area contributed by atoms with E-state index in [1.54, 1.807) is 35.4 Å². The molecule has 1 saturated heterocycles. The molecule has 3 atom stereocenters. The monoisotopic (exact) mass is 333 g/mol. The third kappa shape index (κ3) is 2.29. The fourth-order valence-electron chi connectivity index (χ4n) is 3.64. The fraction of sp³-hybridized carbons (Fsp3) is 0.278. The highest BCUT2D eigenvalue weighted by molar-refractivity contribution is 5.96. The Morgan fingerprint density at radius 2 is 2.08 bits per heavy atom. The molecule has 2 N–H and O–H groups in total. The van der Waals surface area contributed by atoms with Gasteiger partial charge in [0.15, 0.2) is 11.2 Å². The minimum absolute atomic E-state index is 0.178. The molecule has 0 aliphatic carbocycles. The van der Waals surface area contributed by atoms with E-state index in [1.165, 1.54) is 19.3 Å². The van der Waals surface area contributed by atoms with Gasteiger partial charge in [-0.3, -0.25) is 14.6 Å². The summed E-state index contributed by atoms with van der Waals surface area (Å²) in [7, 11) is 0. The van der Waals surface area contributed by atoms with Crippen LogP contribution in [0.2, 0.25) is 0 Å². The molecule has 3 unspecified atom stereocenters. The van der Waals surface area contributed by atoms with Gasteiger partial charge in [0.2, 0.25) is 5.91 Å². The van der Waals surface area contributed by atoms with E-state index in [2.05, 4.69) is 17.1 Å². The molecule has 7 nitrogen and oxygen atoms in total. The Labute approximate surface area is 144 Å². The lowest BCUT2D eigenvalue weighted by Crippen LogP contribution is -2.43. The van der Waals surface area contributed by atoms with Crippen LogP contribution in [0.15, 0.2) is 48.5 Å². The van der Waals surface area contributed by atoms with Crippen LogP contribution in [0, 0.1) is 28.1 Å². The second kappa shape index (κ2) is 5.88. The molecule has 0 saturated carbocycles. The third-order valence-electron chi connectivity index (χ3n) is 4.77. The molecule has 124 valence electrons. The summed E-state index contributed by atoms with van der Waals surface area (Å²) in [6.07, 6.45) is 7.81. The van der Waals surface area contributed by atoms with Gasteiger partial charge >= 0.3 is 0 Å². The first-order valence-corrected chi connectivity index (χ1v) is 7.66. The van der Waals surface area contributed by atoms with Crippen molar-refractivity contribution in [2.45, 2.75) is 24.9 Å². The number of pyridine rings is 1. The molecule has 3 rings (SSSR count). The Morgan fingerprint density at radius 3 is 2.60 bits per heavy atom. The van der Waals surface area contributed by atoms with Gasteiger partial charge < -0.3 is 10.6 Å². The number of carbonyl (C=O) groups is 2. The molecular formula is C18H15N5O2. The predicted octanol–water partition coefficient (Wildman–Crippen LogP) is 0.780. The van der Waals surface area contributed by atoms with Gasteiger partial charge in [0.1, 0.15) is 6.04 Å². The van der Waals surface area contributed by atoms with Gasteiger partial charge in [-0.2, -0.15) is 10.5 Å². The summed E-state index contributed by atoms with van der Waals surface area (Å²) in [6, 6.07) is 5.97. The van der Waals surface area contributed by atoms with Crippen molar-refractivity contribution in [1.82, 2.24) is 9.88 Å². The first-order valence-electron chi connectivity index (χ1n) is 7.66. The van der Waals surface area contributed by atoms with E-state index < -0.39 is 29.3 Å². The van der Waals surface area contributed by atoms with Crippen LogP contribution in [0.5, 0.6) is 0 Å². The third-order valence-corrected chi connectivity index (χ3v) is 4.77. The summed E-state index contributed by atoms with van der Waals surface area (Å²) in [5.74, 6) is -1.63. The van der Waals surface area contributed by atoms with Crippen LogP contribution in [-0.4, -0.2) is 33.7 Å². The Kier molecular flexibility index (Phi) is 3.86. The number of Topliss-reactive ketones (excluding diaryl/α,β-unsaturated/α-hetero) is 1. The molecule has 2 aliphatic rings. The van der Waals surface area contributed by atoms with E-state index in [4.69, 9.17) is 5.73 Å². The van der Waals surface area contributed by atoms with Crippen molar-refractivity contribution in [2.24, 2.45) is 11.1 Å². The number of aromatic nitrogens is 1. The quantitative estimate of drug-likeness (QED) is 0.871. The number of ketones is 1. The number of nitriles is 2. The molecule has 1 amide bonds. The highest BCUT2D eigenvalue weighted by Gasteiger charge is 2.62. The highest BCUT2D eigenvalue weighted by Crippen LogP contribution is 2.52. The van der Waals surface area contributed by atoms with Crippen molar-refractivity contribution in [1.29, 1.82) is 10.5 Å². The van der Waals surface area contributed by atoms with Gasteiger partial charge in [-0.05, 0) is 18.6 Å². The number of primary amides is 1. The molecule has 0 radical (unpaired) electrons. The highest BCUT2D eigenvalue weighted by atomic mass is 16.1. The Bertz CT molecular complexity index is 861. The molecule has 1 aromatic heterocycles. The van der Waals surface area contributed by atoms with Gasteiger partial charge in [0.05, 0.1) is 18.2 Å². The van der Waals surface area contributed by atoms with Crippen LogP contribution >= 0.6 is 0 Å². The van der Waals surface area contributed by atoms with Crippen LogP contribution in [0.4, 0.5) is 0 Å². The Hall–Kier alpha value is -3.45. The first-order chi connectivity index (χ1) is 12.0. The lowest BCUT2D eigenvalue weighted by molar-refractivity contribution is -0.122. The van der Waals surface area contributed by atoms with Gasteiger partial charge in [-0.1, -0.05) is 18.2 Å². The first kappa shape index (κ1) is 16.4. The van der Waals surface area contributed by atoms with E-state index in [9.17, 15) is 20.1 Å². The number of nitrogens with two attached hydrogens (primary N) is 1. The number of carbonyl (C=O) groups excluding carboxylic acids is 2. The van der Waals surface area contributed by atoms with E-state index in [1.807, 2.05) is 0 Å². The van der Waals surface area contributed by atoms with Gasteiger partial charge in [-0.25, -0.2) is 0 Å². The second-order valence-corrected chi connectivity index (χ2v) is 6.10. The molecule has 3 heterocycles. The minimum atomic E-state index is -1.53. The lowest BCUT2D eigenvalue weighted by Gasteiger charge is -2.30. The maximum absolute atomic E-state index is 12.2. The van der Waals surface area contributed by atoms with E-state index in [0.29, 0.717) is 11.1 Å². The number of allylic oxidation sites excluding steroid dienone is 2. The van der Waals surface area contributed by atoms with Crippen molar-refractivity contribution in [3.63, 3.8) is 0 Å². The van der Waals surface area contributed by atoms with Crippen molar-refractivity contribution in [2.75, 3.05) is 0 Å². The number of hydrogen-bond donors (Lipinski definition) is 1. The van der Waals surface area contributed by atoms with Crippen LogP contribution in [-0.2, 0) is 9.59 Å². The normalized spacial score (nSPS) is 26.1. The van der Waals surface area contributed by atoms with Gasteiger partial charge in [-0.15, -0.1) is 0 Å². The molecule has 1 fully saturated rings. The zero-order valence-electron chi connectivity index (χ0n) is 13.5. The largest absolute Gasteiger partial charge is 0.368 e. The Balaban J connectivity index is 2.24. The minimum Gasteiger partial charge on any atom is -0.368 e. The van der Waals surface area contributed by atoms with Crippen molar-refractivity contribution >= 4 is 11.7 Å². The SMILES string of the molecule is CC(=O)C1=CN2C(C(N)=O)C(c3cccnc3)C(C#N)(C#N)C2C=C1. The maximum Gasteiger partial charge on any atom is 0.240 e. The topological polar surface area (TPSA) is 124 Å². The summed E-state index contributed by atoms with van der Waals surface area (Å²) in [5.41, 5.74) is 5.06. The maximum atomic E-state index is 12.2. The summed E-state index contributed by atoms with van der Waals surface area (Å²) in [4.78, 5) is 29.6. The van der Waals surface area contributed by atoms with Crippen molar-refractivity contribution in [3.05, 3.63) is 54.0 Å². The average molecular weight is 333 g/mol. The summed E-state index contributed by atoms with van der Waals surface area (Å²) in [6.45, 7) is 1.41. The molecule has 2 aliphatic heterocycles. The van der Waals surface area contributed by atoms with E-state index >= 15 is 0 Å². The zero-order chi connectivity index (χ0) is 18.2. The molecule has 25 heavy (non-hydrogen) atoms. The van der Waals surface area contributed by atoms with E-state index in [-0.39, 0.29) is 5.78 Å². The molecule has 0 spiro atoms. The number of hydrogen-bond acceptors (Lipinski definition) is 6.